The maximum atomic E-state index is 13.2. The number of unbranched alkanes of at least 4 members (excludes halogenated alkanes) is 18. The van der Waals surface area contributed by atoms with E-state index in [2.05, 4.69) is 76.0 Å². The van der Waals surface area contributed by atoms with Gasteiger partial charge in [-0.15, -0.1) is 0 Å². The number of hydrogen-bond donors (Lipinski definition) is 0. The number of rotatable bonds is 56. The predicted octanol–water partition coefficient (Wildman–Crippen LogP) is 14.7. The van der Waals surface area contributed by atoms with E-state index >= 15 is 0 Å². The van der Waals surface area contributed by atoms with Gasteiger partial charge in [0.15, 0.2) is 0 Å². The normalized spacial score (nSPS) is 11.6. The SMILES string of the molecule is CCCCC/C=C\CCOC(=O)CCCCCCC(=O)OCC(COC(=O)CCCCCCC(=O)OCC/C=C\CCCCC)(COC(=O)CCCCCCC(=O)OCC/C=C\CCCCC)COC(=O)OCCCN(CC)CC. The number of ether oxygens (including phenoxy) is 8. The molecule has 0 amide bonds. The zero-order chi connectivity index (χ0) is 58.8. The molecular weight excluding hydrogens is 1020 g/mol. The fourth-order valence-corrected chi connectivity index (χ4v) is 8.26. The minimum atomic E-state index is -1.47. The molecule has 0 unspecified atom stereocenters. The molecule has 0 saturated carbocycles. The Bertz CT molecular complexity index is 1500. The average Bonchev–Trinajstić information content (AvgIpc) is 3.47. The third-order valence-corrected chi connectivity index (χ3v) is 13.4. The molecule has 0 fully saturated rings. The predicted molar refractivity (Wildman–Crippen MR) is 315 cm³/mol. The summed E-state index contributed by atoms with van der Waals surface area (Å²) in [5.74, 6) is -2.33. The van der Waals surface area contributed by atoms with Crippen molar-refractivity contribution in [3.05, 3.63) is 36.5 Å². The van der Waals surface area contributed by atoms with Gasteiger partial charge in [0.1, 0.15) is 31.8 Å². The first-order valence-electron chi connectivity index (χ1n) is 31.3. The lowest BCUT2D eigenvalue weighted by Gasteiger charge is -2.31. The van der Waals surface area contributed by atoms with Gasteiger partial charge >= 0.3 is 42.0 Å². The van der Waals surface area contributed by atoms with Crippen LogP contribution in [-0.2, 0) is 66.7 Å². The minimum Gasteiger partial charge on any atom is -0.465 e. The van der Waals surface area contributed by atoms with Gasteiger partial charge < -0.3 is 42.8 Å². The van der Waals surface area contributed by atoms with Gasteiger partial charge in [-0.1, -0.05) is 148 Å². The second-order valence-corrected chi connectivity index (χ2v) is 20.9. The smallest absolute Gasteiger partial charge is 0.465 e. The molecule has 0 radical (unpaired) electrons. The summed E-state index contributed by atoms with van der Waals surface area (Å²) in [6, 6.07) is 0. The van der Waals surface area contributed by atoms with Gasteiger partial charge in [-0.05, 0) is 116 Å². The van der Waals surface area contributed by atoms with Crippen LogP contribution in [0.15, 0.2) is 36.5 Å². The van der Waals surface area contributed by atoms with Crippen molar-refractivity contribution in [1.82, 2.24) is 4.90 Å². The van der Waals surface area contributed by atoms with E-state index < -0.39 is 55.9 Å². The molecule has 0 aromatic heterocycles. The zero-order valence-electron chi connectivity index (χ0n) is 50.9. The van der Waals surface area contributed by atoms with E-state index in [0.717, 1.165) is 58.2 Å². The highest BCUT2D eigenvalue weighted by Crippen LogP contribution is 2.24. The second-order valence-electron chi connectivity index (χ2n) is 20.9. The van der Waals surface area contributed by atoms with Gasteiger partial charge in [0.25, 0.3) is 0 Å². The minimum absolute atomic E-state index is 0.0721. The van der Waals surface area contributed by atoms with Crippen molar-refractivity contribution in [1.29, 1.82) is 0 Å². The van der Waals surface area contributed by atoms with Gasteiger partial charge in [-0.2, -0.15) is 0 Å². The van der Waals surface area contributed by atoms with Crippen molar-refractivity contribution in [2.75, 3.05) is 72.5 Å². The van der Waals surface area contributed by atoms with Crippen molar-refractivity contribution < 1.29 is 71.5 Å². The number of esters is 6. The summed E-state index contributed by atoms with van der Waals surface area (Å²) in [5.41, 5.74) is -1.47. The van der Waals surface area contributed by atoms with Crippen LogP contribution in [0.1, 0.15) is 253 Å². The fourth-order valence-electron chi connectivity index (χ4n) is 8.26. The summed E-state index contributed by atoms with van der Waals surface area (Å²) in [6.07, 6.45) is 36.7. The zero-order valence-corrected chi connectivity index (χ0v) is 50.9. The Hall–Kier alpha value is -4.73. The highest BCUT2D eigenvalue weighted by atomic mass is 16.7. The van der Waals surface area contributed by atoms with Crippen LogP contribution < -0.4 is 0 Å². The molecule has 0 N–H and O–H groups in total. The largest absolute Gasteiger partial charge is 0.508 e. The topological polar surface area (TPSA) is 197 Å². The summed E-state index contributed by atoms with van der Waals surface area (Å²) >= 11 is 0. The molecule has 0 spiro atoms. The molecule has 0 heterocycles. The third-order valence-electron chi connectivity index (χ3n) is 13.4. The molecule has 16 nitrogen and oxygen atoms in total. The van der Waals surface area contributed by atoms with Gasteiger partial charge in [0.05, 0.1) is 26.4 Å². The van der Waals surface area contributed by atoms with E-state index in [1.165, 1.54) is 38.5 Å². The van der Waals surface area contributed by atoms with E-state index in [1.807, 2.05) is 0 Å². The van der Waals surface area contributed by atoms with Crippen molar-refractivity contribution in [2.45, 2.75) is 253 Å². The Morgan fingerprint density at radius 3 is 0.887 bits per heavy atom. The maximum absolute atomic E-state index is 13.2. The standard InChI is InChI=1S/C64H111NO15/c1-6-11-14-17-20-29-38-49-73-57(66)42-32-23-26-35-45-60(69)77-53-64(56-80-63(72)76-52-41-48-65(9-4)10-5,54-78-61(70)46-36-27-24-33-43-58(67)74-50-39-30-21-18-15-12-7-2)55-79-62(71)47-37-28-25-34-44-59(68)75-51-40-31-22-19-16-13-8-3/h20-22,29-31H,6-19,23-28,32-56H2,1-5H3/b29-20-,30-21-,31-22-. The Labute approximate surface area is 483 Å². The van der Waals surface area contributed by atoms with Crippen LogP contribution in [-0.4, -0.2) is 119 Å². The van der Waals surface area contributed by atoms with Crippen LogP contribution >= 0.6 is 0 Å². The van der Waals surface area contributed by atoms with Gasteiger partial charge in [-0.25, -0.2) is 4.79 Å². The lowest BCUT2D eigenvalue weighted by molar-refractivity contribution is -0.166. The van der Waals surface area contributed by atoms with Crippen molar-refractivity contribution in [2.24, 2.45) is 5.41 Å². The molecule has 0 saturated heterocycles. The molecule has 0 aromatic rings. The Morgan fingerprint density at radius 2 is 0.588 bits per heavy atom. The Morgan fingerprint density at radius 1 is 0.300 bits per heavy atom. The third kappa shape index (κ3) is 50.2. The molecular formula is C64H111NO15. The van der Waals surface area contributed by atoms with Crippen LogP contribution in [0.2, 0.25) is 0 Å². The van der Waals surface area contributed by atoms with E-state index in [-0.39, 0.29) is 43.8 Å². The number of carbonyl (C=O) groups excluding carboxylic acids is 7. The summed E-state index contributed by atoms with van der Waals surface area (Å²) < 4.78 is 44.3. The van der Waals surface area contributed by atoms with Gasteiger partial charge in [0, 0.05) is 45.1 Å². The lowest BCUT2D eigenvalue weighted by Crippen LogP contribution is -2.44. The number of carbonyl (C=O) groups is 7. The molecule has 0 rings (SSSR count). The first-order valence-corrected chi connectivity index (χ1v) is 31.3. The van der Waals surface area contributed by atoms with Crippen LogP contribution in [0, 0.1) is 5.41 Å². The quantitative estimate of drug-likeness (QED) is 0.0241. The summed E-state index contributed by atoms with van der Waals surface area (Å²) in [5, 5.41) is 0. The van der Waals surface area contributed by atoms with E-state index in [4.69, 9.17) is 37.9 Å². The molecule has 0 aliphatic carbocycles. The monoisotopic (exact) mass is 1130 g/mol. The number of nitrogens with zero attached hydrogens (tertiary/aromatic N) is 1. The van der Waals surface area contributed by atoms with Crippen molar-refractivity contribution >= 4 is 42.0 Å². The number of allylic oxidation sites excluding steroid dienone is 3. The summed E-state index contributed by atoms with van der Waals surface area (Å²) in [7, 11) is 0. The van der Waals surface area contributed by atoms with Crippen LogP contribution in [0.3, 0.4) is 0 Å². The highest BCUT2D eigenvalue weighted by molar-refractivity contribution is 5.71. The maximum Gasteiger partial charge on any atom is 0.508 e. The molecule has 80 heavy (non-hydrogen) atoms. The van der Waals surface area contributed by atoms with Gasteiger partial charge in [0.2, 0.25) is 0 Å². The molecule has 462 valence electrons. The number of hydrogen-bond acceptors (Lipinski definition) is 16. The Kier molecular flexibility index (Phi) is 52.8. The second kappa shape index (κ2) is 56.1. The lowest BCUT2D eigenvalue weighted by atomic mass is 9.92. The Balaban J connectivity index is 5.58. The summed E-state index contributed by atoms with van der Waals surface area (Å²) in [6.45, 7) is 12.6. The van der Waals surface area contributed by atoms with E-state index in [0.29, 0.717) is 142 Å². The van der Waals surface area contributed by atoms with Gasteiger partial charge in [-0.3, -0.25) is 28.8 Å². The van der Waals surface area contributed by atoms with Crippen LogP contribution in [0.25, 0.3) is 0 Å². The first-order chi connectivity index (χ1) is 38.9. The molecule has 0 atom stereocenters. The first kappa shape index (κ1) is 75.3. The molecule has 0 aromatic carbocycles. The summed E-state index contributed by atoms with van der Waals surface area (Å²) in [4.78, 5) is 91.6. The molecule has 0 aliphatic heterocycles. The van der Waals surface area contributed by atoms with E-state index in [1.54, 1.807) is 0 Å². The van der Waals surface area contributed by atoms with Crippen molar-refractivity contribution in [3.63, 3.8) is 0 Å². The molecule has 0 aliphatic rings. The average molecular weight is 1130 g/mol. The van der Waals surface area contributed by atoms with Crippen LogP contribution in [0.4, 0.5) is 4.79 Å². The van der Waals surface area contributed by atoms with E-state index in [9.17, 15) is 33.6 Å². The molecule has 0 bridgehead atoms. The van der Waals surface area contributed by atoms with Crippen molar-refractivity contribution in [3.8, 4) is 0 Å². The fraction of sp³-hybridized carbons (Fsp3) is 0.797. The van der Waals surface area contributed by atoms with Crippen LogP contribution in [0.5, 0.6) is 0 Å². The molecule has 16 heteroatoms. The highest BCUT2D eigenvalue weighted by Gasteiger charge is 2.38.